The molecule has 0 fully saturated rings. The summed E-state index contributed by atoms with van der Waals surface area (Å²) in [5.74, 6) is -1.95. The molecule has 2 atom stereocenters. The van der Waals surface area contributed by atoms with Crippen molar-refractivity contribution >= 4 is 59.0 Å². The molecule has 2 amide bonds. The SMILES string of the molecule is COc1ccc(Cl)cc1SNC1N=C(c2ccccc2)c2ccccc2N(CC(=O)NC(C=O)CC(=O)O)C1=O. The number of nitrogens with zero attached hydrogens (tertiary/aromatic N) is 2. The number of benzodiazepines with no additional fused rings is 1. The van der Waals surface area contributed by atoms with E-state index >= 15 is 0 Å². The van der Waals surface area contributed by atoms with Crippen LogP contribution in [0.3, 0.4) is 0 Å². The molecule has 0 bridgehead atoms. The molecule has 0 spiro atoms. The molecule has 1 heterocycles. The first kappa shape index (κ1) is 28.8. The lowest BCUT2D eigenvalue weighted by molar-refractivity contribution is -0.138. The quantitative estimate of drug-likeness (QED) is 0.232. The van der Waals surface area contributed by atoms with Crippen LogP contribution < -0.4 is 19.7 Å². The Kier molecular flexibility index (Phi) is 9.54. The Morgan fingerprint density at radius 3 is 2.58 bits per heavy atom. The van der Waals surface area contributed by atoms with Crippen LogP contribution in [0, 0.1) is 0 Å². The highest BCUT2D eigenvalue weighted by molar-refractivity contribution is 7.97. The van der Waals surface area contributed by atoms with E-state index in [1.54, 1.807) is 42.5 Å². The second-order valence-electron chi connectivity index (χ2n) is 8.61. The number of benzene rings is 3. The number of para-hydroxylation sites is 1. The third-order valence-corrected chi connectivity index (χ3v) is 6.98. The highest BCUT2D eigenvalue weighted by Crippen LogP contribution is 2.32. The Hall–Kier alpha value is -4.19. The molecule has 3 aromatic carbocycles. The fraction of sp³-hybridized carbons (Fsp3) is 0.179. The van der Waals surface area contributed by atoms with Gasteiger partial charge in [0.25, 0.3) is 5.91 Å². The van der Waals surface area contributed by atoms with Crippen LogP contribution in [0.15, 0.2) is 82.7 Å². The lowest BCUT2D eigenvalue weighted by atomic mass is 10.0. The number of fused-ring (bicyclic) bond motifs is 1. The van der Waals surface area contributed by atoms with Gasteiger partial charge >= 0.3 is 5.97 Å². The molecule has 206 valence electrons. The van der Waals surface area contributed by atoms with Crippen molar-refractivity contribution in [2.45, 2.75) is 23.5 Å². The summed E-state index contributed by atoms with van der Waals surface area (Å²) in [4.78, 5) is 55.9. The minimum absolute atomic E-state index is 0.347. The van der Waals surface area contributed by atoms with Crippen molar-refractivity contribution in [3.8, 4) is 5.75 Å². The van der Waals surface area contributed by atoms with Crippen LogP contribution in [0.25, 0.3) is 0 Å². The molecule has 3 N–H and O–H groups in total. The molecule has 2 unspecified atom stereocenters. The lowest BCUT2D eigenvalue weighted by Gasteiger charge is -2.25. The first-order valence-corrected chi connectivity index (χ1v) is 13.3. The number of aliphatic imine (C=N–C) groups is 1. The zero-order valence-corrected chi connectivity index (χ0v) is 22.8. The third kappa shape index (κ3) is 6.87. The van der Waals surface area contributed by atoms with Gasteiger partial charge in [-0.05, 0) is 36.2 Å². The molecule has 1 aliphatic rings. The van der Waals surface area contributed by atoms with Gasteiger partial charge in [0.05, 0.1) is 35.9 Å². The summed E-state index contributed by atoms with van der Waals surface area (Å²) in [5.41, 5.74) is 2.33. The summed E-state index contributed by atoms with van der Waals surface area (Å²) in [6.45, 7) is -0.471. The molecule has 12 heteroatoms. The van der Waals surface area contributed by atoms with Gasteiger partial charge in [-0.25, -0.2) is 4.72 Å². The van der Waals surface area contributed by atoms with E-state index in [2.05, 4.69) is 10.0 Å². The molecular weight excluding hydrogens is 556 g/mol. The first-order chi connectivity index (χ1) is 19.3. The van der Waals surface area contributed by atoms with E-state index in [4.69, 9.17) is 26.4 Å². The maximum atomic E-state index is 13.9. The molecule has 0 saturated carbocycles. The van der Waals surface area contributed by atoms with Gasteiger partial charge in [0.15, 0.2) is 6.17 Å². The predicted octanol–water partition coefficient (Wildman–Crippen LogP) is 3.31. The van der Waals surface area contributed by atoms with Gasteiger partial charge in [-0.15, -0.1) is 0 Å². The van der Waals surface area contributed by atoms with Crippen molar-refractivity contribution in [2.75, 3.05) is 18.6 Å². The number of methoxy groups -OCH3 is 1. The van der Waals surface area contributed by atoms with Gasteiger partial charge in [-0.3, -0.25) is 24.3 Å². The van der Waals surface area contributed by atoms with E-state index < -0.39 is 43.0 Å². The second kappa shape index (κ2) is 13.2. The number of carbonyl (C=O) groups excluding carboxylic acids is 3. The zero-order valence-electron chi connectivity index (χ0n) is 21.2. The monoisotopic (exact) mass is 580 g/mol. The Bertz CT molecular complexity index is 1450. The maximum Gasteiger partial charge on any atom is 0.305 e. The number of hydrogen-bond acceptors (Lipinski definition) is 8. The van der Waals surface area contributed by atoms with E-state index in [9.17, 15) is 19.2 Å². The summed E-state index contributed by atoms with van der Waals surface area (Å²) in [5, 5.41) is 11.9. The van der Waals surface area contributed by atoms with Gasteiger partial charge < -0.3 is 20.0 Å². The molecule has 3 aromatic rings. The van der Waals surface area contributed by atoms with Crippen LogP contribution in [-0.4, -0.2) is 60.8 Å². The minimum atomic E-state index is -1.24. The number of amides is 2. The van der Waals surface area contributed by atoms with Crippen molar-refractivity contribution in [2.24, 2.45) is 4.99 Å². The normalized spacial score (nSPS) is 15.3. The van der Waals surface area contributed by atoms with E-state index in [0.29, 0.717) is 38.9 Å². The Morgan fingerprint density at radius 1 is 1.15 bits per heavy atom. The minimum Gasteiger partial charge on any atom is -0.496 e. The fourth-order valence-corrected chi connectivity index (χ4v) is 5.13. The summed E-state index contributed by atoms with van der Waals surface area (Å²) < 4.78 is 8.49. The number of aldehydes is 1. The number of halogens is 1. The summed E-state index contributed by atoms with van der Waals surface area (Å²) in [7, 11) is 1.52. The molecule has 10 nitrogen and oxygen atoms in total. The van der Waals surface area contributed by atoms with Crippen molar-refractivity contribution in [1.29, 1.82) is 0 Å². The molecular formula is C28H25ClN4O6S. The van der Waals surface area contributed by atoms with E-state index in [0.717, 1.165) is 17.5 Å². The predicted molar refractivity (Wildman–Crippen MR) is 152 cm³/mol. The summed E-state index contributed by atoms with van der Waals surface area (Å²) in [6.07, 6.45) is -1.38. The van der Waals surface area contributed by atoms with Gasteiger partial charge in [0.1, 0.15) is 18.6 Å². The number of carboxylic acid groups (broad SMARTS) is 1. The number of rotatable bonds is 11. The molecule has 0 aromatic heterocycles. The molecule has 0 radical (unpaired) electrons. The molecule has 1 aliphatic heterocycles. The fourth-order valence-electron chi connectivity index (χ4n) is 4.06. The zero-order chi connectivity index (χ0) is 28.6. The van der Waals surface area contributed by atoms with Crippen LogP contribution in [-0.2, 0) is 19.2 Å². The number of carbonyl (C=O) groups is 4. The lowest BCUT2D eigenvalue weighted by Crippen LogP contribution is -2.49. The van der Waals surface area contributed by atoms with E-state index in [-0.39, 0.29) is 0 Å². The molecule has 40 heavy (non-hydrogen) atoms. The van der Waals surface area contributed by atoms with Crippen LogP contribution in [0.1, 0.15) is 17.5 Å². The van der Waals surface area contributed by atoms with Crippen LogP contribution >= 0.6 is 23.5 Å². The standard InChI is InChI=1S/C28H25ClN4O6S/c1-39-22-12-11-18(29)13-23(22)40-32-27-28(38)33(15-24(35)30-19(16-34)14-25(36)37)21-10-6-5-9-20(21)26(31-27)17-7-3-2-4-8-17/h2-13,16,19,27,32H,14-15H2,1H3,(H,30,35)(H,36,37). The van der Waals surface area contributed by atoms with Gasteiger partial charge in [0, 0.05) is 16.1 Å². The third-order valence-electron chi connectivity index (χ3n) is 5.87. The van der Waals surface area contributed by atoms with Gasteiger partial charge in [0.2, 0.25) is 5.91 Å². The van der Waals surface area contributed by atoms with Crippen LogP contribution in [0.2, 0.25) is 5.02 Å². The van der Waals surface area contributed by atoms with Crippen LogP contribution in [0.4, 0.5) is 5.69 Å². The molecule has 0 saturated heterocycles. The topological polar surface area (TPSA) is 137 Å². The van der Waals surface area contributed by atoms with Crippen molar-refractivity contribution < 1.29 is 29.0 Å². The average molecular weight is 581 g/mol. The largest absolute Gasteiger partial charge is 0.496 e. The van der Waals surface area contributed by atoms with Gasteiger partial charge in [-0.2, -0.15) is 0 Å². The van der Waals surface area contributed by atoms with E-state index in [1.165, 1.54) is 12.0 Å². The van der Waals surface area contributed by atoms with Crippen molar-refractivity contribution in [3.63, 3.8) is 0 Å². The second-order valence-corrected chi connectivity index (χ2v) is 9.93. The molecule has 4 rings (SSSR count). The highest BCUT2D eigenvalue weighted by Gasteiger charge is 2.34. The number of aliphatic carboxylic acids is 1. The first-order valence-electron chi connectivity index (χ1n) is 12.1. The van der Waals surface area contributed by atoms with Crippen molar-refractivity contribution in [1.82, 2.24) is 10.0 Å². The number of nitrogens with one attached hydrogen (secondary N) is 2. The Labute approximate surface area is 239 Å². The number of ether oxygens (including phenoxy) is 1. The van der Waals surface area contributed by atoms with Gasteiger partial charge in [-0.1, -0.05) is 60.1 Å². The summed E-state index contributed by atoms with van der Waals surface area (Å²) in [6, 6.07) is 20.2. The molecule has 0 aliphatic carbocycles. The van der Waals surface area contributed by atoms with Crippen LogP contribution in [0.5, 0.6) is 5.75 Å². The Balaban J connectivity index is 1.72. The van der Waals surface area contributed by atoms with E-state index in [1.807, 2.05) is 30.3 Å². The Morgan fingerprint density at radius 2 is 1.88 bits per heavy atom. The number of hydrogen-bond donors (Lipinski definition) is 3. The summed E-state index contributed by atoms with van der Waals surface area (Å²) >= 11 is 7.27. The average Bonchev–Trinajstić information content (AvgIpc) is 3.06. The maximum absolute atomic E-state index is 13.9. The number of carboxylic acids is 1. The highest BCUT2D eigenvalue weighted by atomic mass is 35.5. The number of anilines is 1. The van der Waals surface area contributed by atoms with Crippen molar-refractivity contribution in [3.05, 3.63) is 88.9 Å². The smallest absolute Gasteiger partial charge is 0.305 e.